The summed E-state index contributed by atoms with van der Waals surface area (Å²) in [5.74, 6) is 1.89. The van der Waals surface area contributed by atoms with Gasteiger partial charge in [0, 0.05) is 32.2 Å². The summed E-state index contributed by atoms with van der Waals surface area (Å²) in [6.07, 6.45) is 0. The molecule has 14 aromatic rings. The van der Waals surface area contributed by atoms with E-state index in [1.165, 1.54) is 63.3 Å². The first-order valence-corrected chi connectivity index (χ1v) is 22.3. The van der Waals surface area contributed by atoms with Crippen molar-refractivity contribution < 1.29 is 0 Å². The molecule has 0 saturated heterocycles. The lowest BCUT2D eigenvalue weighted by Gasteiger charge is -2.12. The minimum atomic E-state index is 0.621. The number of fused-ring (bicyclic) bond motifs is 13. The molecule has 5 nitrogen and oxygen atoms in total. The van der Waals surface area contributed by atoms with Gasteiger partial charge in [-0.1, -0.05) is 158 Å². The van der Waals surface area contributed by atoms with E-state index in [9.17, 15) is 0 Å². The predicted octanol–water partition coefficient (Wildman–Crippen LogP) is 15.5. The van der Waals surface area contributed by atoms with Gasteiger partial charge in [0.05, 0.1) is 21.4 Å². The van der Waals surface area contributed by atoms with Crippen LogP contribution in [-0.4, -0.2) is 24.3 Å². The molecular weight excluding hydrogens is 799 g/mol. The fourth-order valence-corrected chi connectivity index (χ4v) is 11.0. The summed E-state index contributed by atoms with van der Waals surface area (Å²) in [6.45, 7) is 0. The molecule has 64 heavy (non-hydrogen) atoms. The highest BCUT2D eigenvalue weighted by molar-refractivity contribution is 7.27. The zero-order chi connectivity index (χ0) is 41.9. The molecule has 0 bridgehead atoms. The Labute approximate surface area is 370 Å². The maximum absolute atomic E-state index is 5.46. The molecule has 0 aliphatic rings. The highest BCUT2D eigenvalue weighted by Crippen LogP contribution is 2.44. The smallest absolute Gasteiger partial charge is 0.164 e. The zero-order valence-corrected chi connectivity index (χ0v) is 35.0. The summed E-state index contributed by atoms with van der Waals surface area (Å²) in [6, 6.07) is 71.6. The molecule has 0 amide bonds. The van der Waals surface area contributed by atoms with E-state index in [0.717, 1.165) is 55.4 Å². The SMILES string of the molecule is c1ccc2cc(-c3nc(-c4ccc(-c5cc6c7ccc8ccccc8c7sc6c6nc7cc8cc9ccccc9cc8cc7n56)cc4)nc(-c4ccc5ccccc5c4)n3)ccc2c1. The van der Waals surface area contributed by atoms with Crippen molar-refractivity contribution in [1.82, 2.24) is 24.3 Å². The molecule has 0 unspecified atom stereocenters. The molecule has 0 atom stereocenters. The van der Waals surface area contributed by atoms with Crippen molar-refractivity contribution in [2.75, 3.05) is 0 Å². The first-order chi connectivity index (χ1) is 31.6. The molecule has 4 aromatic heterocycles. The molecular formula is C58H33N5S. The molecule has 0 saturated carbocycles. The molecule has 0 N–H and O–H groups in total. The standard InChI is InChI=1S/C58H33N5S/c1-3-12-39-27-43(23-17-34(39)9-1)56-60-55(61-57(62-56)44-24-18-35-10-2-4-13-40(35)28-44)38-21-19-37(20-22-38)51-33-49-48-26-25-36-11-7-8-16-47(36)53(48)64-54(49)58-59-50-31-45-29-41-14-5-6-15-42(41)30-46(45)32-52(50)63(51)58/h1-33H. The molecule has 6 heteroatoms. The largest absolute Gasteiger partial charge is 0.291 e. The lowest BCUT2D eigenvalue weighted by molar-refractivity contribution is 1.07. The summed E-state index contributed by atoms with van der Waals surface area (Å²) in [4.78, 5) is 20.9. The Bertz CT molecular complexity index is 4160. The average Bonchev–Trinajstić information content (AvgIpc) is 3.93. The van der Waals surface area contributed by atoms with Gasteiger partial charge in [0.25, 0.3) is 0 Å². The van der Waals surface area contributed by atoms with Crippen LogP contribution in [0.1, 0.15) is 0 Å². The molecule has 4 heterocycles. The van der Waals surface area contributed by atoms with E-state index in [1.807, 2.05) is 11.3 Å². The number of thiophene rings is 1. The van der Waals surface area contributed by atoms with Gasteiger partial charge in [0.15, 0.2) is 23.1 Å². The van der Waals surface area contributed by atoms with Crippen LogP contribution < -0.4 is 0 Å². The Kier molecular flexibility index (Phi) is 7.49. The van der Waals surface area contributed by atoms with Gasteiger partial charge in [-0.25, -0.2) is 19.9 Å². The molecule has 10 aromatic carbocycles. The number of imidazole rings is 1. The average molecular weight is 832 g/mol. The van der Waals surface area contributed by atoms with E-state index < -0.39 is 0 Å². The maximum atomic E-state index is 5.46. The quantitative estimate of drug-likeness (QED) is 0.166. The van der Waals surface area contributed by atoms with Gasteiger partial charge in [-0.05, 0) is 102 Å². The second-order valence-corrected chi connectivity index (χ2v) is 17.7. The lowest BCUT2D eigenvalue weighted by atomic mass is 10.0. The van der Waals surface area contributed by atoms with Gasteiger partial charge in [-0.2, -0.15) is 0 Å². The van der Waals surface area contributed by atoms with Crippen molar-refractivity contribution in [3.63, 3.8) is 0 Å². The van der Waals surface area contributed by atoms with Gasteiger partial charge < -0.3 is 0 Å². The molecule has 296 valence electrons. The van der Waals surface area contributed by atoms with Gasteiger partial charge in [-0.15, -0.1) is 11.3 Å². The third-order valence-corrected chi connectivity index (χ3v) is 14.2. The predicted molar refractivity (Wildman–Crippen MR) is 268 cm³/mol. The summed E-state index contributed by atoms with van der Waals surface area (Å²) >= 11 is 1.84. The zero-order valence-electron chi connectivity index (χ0n) is 34.2. The first kappa shape index (κ1) is 35.3. The minimum Gasteiger partial charge on any atom is -0.291 e. The second kappa shape index (κ2) is 13.6. The van der Waals surface area contributed by atoms with Crippen molar-refractivity contribution in [3.05, 3.63) is 200 Å². The van der Waals surface area contributed by atoms with Crippen molar-refractivity contribution in [2.45, 2.75) is 0 Å². The lowest BCUT2D eigenvalue weighted by Crippen LogP contribution is -2.00. The molecule has 0 fully saturated rings. The van der Waals surface area contributed by atoms with Gasteiger partial charge in [0.2, 0.25) is 0 Å². The van der Waals surface area contributed by atoms with E-state index in [2.05, 4.69) is 205 Å². The van der Waals surface area contributed by atoms with Crippen molar-refractivity contribution >= 4 is 102 Å². The normalized spacial score (nSPS) is 12.1. The van der Waals surface area contributed by atoms with Crippen LogP contribution in [0.3, 0.4) is 0 Å². The fourth-order valence-electron chi connectivity index (χ4n) is 9.69. The van der Waals surface area contributed by atoms with Crippen LogP contribution in [-0.2, 0) is 0 Å². The molecule has 0 spiro atoms. The Morgan fingerprint density at radius 2 is 0.812 bits per heavy atom. The van der Waals surface area contributed by atoms with Crippen molar-refractivity contribution in [2.24, 2.45) is 0 Å². The second-order valence-electron chi connectivity index (χ2n) is 16.7. The monoisotopic (exact) mass is 831 g/mol. The highest BCUT2D eigenvalue weighted by atomic mass is 32.1. The third-order valence-electron chi connectivity index (χ3n) is 12.9. The maximum Gasteiger partial charge on any atom is 0.164 e. The van der Waals surface area contributed by atoms with E-state index in [4.69, 9.17) is 19.9 Å². The number of hydrogen-bond acceptors (Lipinski definition) is 5. The van der Waals surface area contributed by atoms with Crippen molar-refractivity contribution in [1.29, 1.82) is 0 Å². The van der Waals surface area contributed by atoms with Gasteiger partial charge in [0.1, 0.15) is 0 Å². The Morgan fingerprint density at radius 1 is 0.312 bits per heavy atom. The van der Waals surface area contributed by atoms with E-state index >= 15 is 0 Å². The Hall–Kier alpha value is -8.32. The fraction of sp³-hybridized carbons (Fsp3) is 0. The van der Waals surface area contributed by atoms with E-state index in [1.54, 1.807) is 0 Å². The van der Waals surface area contributed by atoms with Crippen LogP contribution in [0, 0.1) is 0 Å². The summed E-state index contributed by atoms with van der Waals surface area (Å²) < 4.78 is 4.84. The minimum absolute atomic E-state index is 0.621. The number of pyridine rings is 1. The first-order valence-electron chi connectivity index (χ1n) is 21.5. The van der Waals surface area contributed by atoms with Crippen LogP contribution in [0.5, 0.6) is 0 Å². The Morgan fingerprint density at radius 3 is 1.45 bits per heavy atom. The van der Waals surface area contributed by atoms with Crippen LogP contribution in [0.25, 0.3) is 136 Å². The van der Waals surface area contributed by atoms with Crippen LogP contribution in [0.15, 0.2) is 200 Å². The topological polar surface area (TPSA) is 56.0 Å². The highest BCUT2D eigenvalue weighted by Gasteiger charge is 2.20. The summed E-state index contributed by atoms with van der Waals surface area (Å²) in [7, 11) is 0. The summed E-state index contributed by atoms with van der Waals surface area (Å²) in [5, 5.41) is 14.4. The van der Waals surface area contributed by atoms with Crippen LogP contribution in [0.2, 0.25) is 0 Å². The number of benzene rings is 10. The Balaban J connectivity index is 0.976. The third kappa shape index (κ3) is 5.49. The summed E-state index contributed by atoms with van der Waals surface area (Å²) in [5.41, 5.74) is 7.98. The molecule has 0 radical (unpaired) electrons. The number of rotatable bonds is 4. The van der Waals surface area contributed by atoms with Crippen molar-refractivity contribution in [3.8, 4) is 45.4 Å². The molecule has 14 rings (SSSR count). The van der Waals surface area contributed by atoms with Gasteiger partial charge in [-0.3, -0.25) is 4.40 Å². The number of nitrogens with zero attached hydrogens (tertiary/aromatic N) is 5. The van der Waals surface area contributed by atoms with Gasteiger partial charge >= 0.3 is 0 Å². The van der Waals surface area contributed by atoms with E-state index in [-0.39, 0.29) is 0 Å². The molecule has 0 aliphatic heterocycles. The number of hydrogen-bond donors (Lipinski definition) is 0. The molecule has 0 aliphatic carbocycles. The number of aromatic nitrogens is 5. The van der Waals surface area contributed by atoms with Crippen LogP contribution >= 0.6 is 11.3 Å². The van der Waals surface area contributed by atoms with E-state index in [0.29, 0.717) is 17.5 Å². The van der Waals surface area contributed by atoms with Crippen LogP contribution in [0.4, 0.5) is 0 Å².